The van der Waals surface area contributed by atoms with Crippen LogP contribution in [0.15, 0.2) is 27.6 Å². The van der Waals surface area contributed by atoms with E-state index in [9.17, 15) is 13.2 Å². The Labute approximate surface area is 128 Å². The molecule has 0 aromatic carbocycles. The molecule has 2 heterocycles. The third kappa shape index (κ3) is 3.11. The predicted octanol–water partition coefficient (Wildman–Crippen LogP) is 3.68. The highest BCUT2D eigenvalue weighted by atomic mass is 32.2. The molecule has 1 N–H and O–H groups in total. The van der Waals surface area contributed by atoms with Crippen LogP contribution in [-0.2, 0) is 6.42 Å². The second kappa shape index (κ2) is 5.64. The minimum absolute atomic E-state index is 0.155. The lowest BCUT2D eigenvalue weighted by molar-refractivity contribution is -0.165. The number of hydrogen-bond acceptors (Lipinski definition) is 4. The summed E-state index contributed by atoms with van der Waals surface area (Å²) in [5.41, 5.74) is 1.21. The summed E-state index contributed by atoms with van der Waals surface area (Å²) in [6.07, 6.45) is -3.04. The zero-order chi connectivity index (χ0) is 14.9. The zero-order valence-electron chi connectivity index (χ0n) is 11.1. The van der Waals surface area contributed by atoms with Crippen molar-refractivity contribution in [2.75, 3.05) is 12.3 Å². The summed E-state index contributed by atoms with van der Waals surface area (Å²) in [5, 5.41) is 6.54. The Balaban J connectivity index is 1.57. The Hall–Kier alpha value is -1.02. The van der Waals surface area contributed by atoms with Crippen molar-refractivity contribution in [3.05, 3.63) is 22.4 Å². The maximum atomic E-state index is 13.0. The number of aliphatic imine (C=N–C) groups is 1. The first kappa shape index (κ1) is 14.9. The fourth-order valence-corrected chi connectivity index (χ4v) is 3.83. The van der Waals surface area contributed by atoms with Crippen molar-refractivity contribution in [3.8, 4) is 0 Å². The van der Waals surface area contributed by atoms with E-state index >= 15 is 0 Å². The van der Waals surface area contributed by atoms with Gasteiger partial charge in [0.1, 0.15) is 5.41 Å². The van der Waals surface area contributed by atoms with Crippen molar-refractivity contribution >= 4 is 34.0 Å². The van der Waals surface area contributed by atoms with Gasteiger partial charge in [0, 0.05) is 23.6 Å². The number of rotatable bonds is 4. The lowest BCUT2D eigenvalue weighted by atomic mass is 10.0. The molecule has 0 unspecified atom stereocenters. The van der Waals surface area contributed by atoms with E-state index in [1.807, 2.05) is 17.5 Å². The maximum Gasteiger partial charge on any atom is 0.399 e. The molecule has 114 valence electrons. The van der Waals surface area contributed by atoms with E-state index in [1.54, 1.807) is 11.3 Å². The van der Waals surface area contributed by atoms with Gasteiger partial charge >= 0.3 is 6.18 Å². The second-order valence-electron chi connectivity index (χ2n) is 5.06. The molecule has 3 rings (SSSR count). The van der Waals surface area contributed by atoms with Crippen LogP contribution >= 0.6 is 23.1 Å². The lowest BCUT2D eigenvalue weighted by Gasteiger charge is -2.24. The van der Waals surface area contributed by atoms with Gasteiger partial charge in [-0.1, -0.05) is 17.8 Å². The number of alkyl halides is 3. The standard InChI is InChI=1S/C13H14F3N3S2/c14-13(15,16)12(4-5-12)10-8-21-11(19-18-10)17-6-3-9-2-1-7-20-9/h1-2,7H,3-6,8H2,(H,17,19). The summed E-state index contributed by atoms with van der Waals surface area (Å²) < 4.78 is 39.0. The maximum absolute atomic E-state index is 13.0. The molecule has 1 aliphatic carbocycles. The van der Waals surface area contributed by atoms with Crippen LogP contribution in [0.25, 0.3) is 0 Å². The molecule has 0 bridgehead atoms. The highest BCUT2D eigenvalue weighted by molar-refractivity contribution is 8.14. The highest BCUT2D eigenvalue weighted by Gasteiger charge is 2.66. The van der Waals surface area contributed by atoms with Crippen LogP contribution in [0.4, 0.5) is 13.2 Å². The molecule has 1 fully saturated rings. The summed E-state index contributed by atoms with van der Waals surface area (Å²) in [7, 11) is 0. The van der Waals surface area contributed by atoms with Crippen LogP contribution in [-0.4, -0.2) is 29.4 Å². The zero-order valence-corrected chi connectivity index (χ0v) is 12.7. The van der Waals surface area contributed by atoms with Crippen LogP contribution < -0.4 is 5.43 Å². The SMILES string of the molecule is FC(F)(F)C1(C2=NNC(=NCCc3cccs3)SC2)CC1. The topological polar surface area (TPSA) is 36.8 Å². The molecule has 8 heteroatoms. The Morgan fingerprint density at radius 3 is 2.71 bits per heavy atom. The first-order valence-electron chi connectivity index (χ1n) is 6.61. The van der Waals surface area contributed by atoms with Crippen molar-refractivity contribution in [1.29, 1.82) is 0 Å². The van der Waals surface area contributed by atoms with Gasteiger partial charge in [0.05, 0.1) is 5.71 Å². The lowest BCUT2D eigenvalue weighted by Crippen LogP contribution is -2.38. The number of thioether (sulfide) groups is 1. The van der Waals surface area contributed by atoms with Crippen LogP contribution in [0.3, 0.4) is 0 Å². The number of thiophene rings is 1. The summed E-state index contributed by atoms with van der Waals surface area (Å²) >= 11 is 2.98. The van der Waals surface area contributed by atoms with Crippen molar-refractivity contribution in [1.82, 2.24) is 5.43 Å². The van der Waals surface area contributed by atoms with Gasteiger partial charge in [-0.25, -0.2) is 0 Å². The Morgan fingerprint density at radius 1 is 1.38 bits per heavy atom. The molecule has 21 heavy (non-hydrogen) atoms. The van der Waals surface area contributed by atoms with Crippen LogP contribution in [0.2, 0.25) is 0 Å². The van der Waals surface area contributed by atoms with Crippen molar-refractivity contribution in [3.63, 3.8) is 0 Å². The minimum Gasteiger partial charge on any atom is -0.261 e. The number of nitrogens with one attached hydrogen (secondary N) is 1. The molecular weight excluding hydrogens is 319 g/mol. The van der Waals surface area contributed by atoms with E-state index in [4.69, 9.17) is 0 Å². The van der Waals surface area contributed by atoms with Gasteiger partial charge in [0.25, 0.3) is 0 Å². The number of hydrogen-bond donors (Lipinski definition) is 1. The van der Waals surface area contributed by atoms with Crippen molar-refractivity contribution in [2.24, 2.45) is 15.5 Å². The summed E-state index contributed by atoms with van der Waals surface area (Å²) in [4.78, 5) is 5.59. The van der Waals surface area contributed by atoms with E-state index < -0.39 is 11.6 Å². The quantitative estimate of drug-likeness (QED) is 0.912. The van der Waals surface area contributed by atoms with Gasteiger partial charge in [-0.15, -0.1) is 11.3 Å². The van der Waals surface area contributed by atoms with Crippen LogP contribution in [0.1, 0.15) is 17.7 Å². The molecule has 1 saturated carbocycles. The summed E-state index contributed by atoms with van der Waals surface area (Å²) in [6, 6.07) is 4.03. The smallest absolute Gasteiger partial charge is 0.261 e. The molecule has 0 radical (unpaired) electrons. The van der Waals surface area contributed by atoms with E-state index in [1.165, 1.54) is 16.6 Å². The molecule has 0 saturated heterocycles. The third-order valence-corrected chi connectivity index (χ3v) is 5.52. The average Bonchev–Trinajstić information content (AvgIpc) is 3.12. The molecular formula is C13H14F3N3S2. The molecule has 2 aliphatic rings. The summed E-state index contributed by atoms with van der Waals surface area (Å²) in [5.74, 6) is 0.268. The monoisotopic (exact) mass is 333 g/mol. The van der Waals surface area contributed by atoms with Crippen molar-refractivity contribution in [2.45, 2.75) is 25.4 Å². The van der Waals surface area contributed by atoms with Gasteiger partial charge in [0.2, 0.25) is 0 Å². The molecule has 0 amide bonds. The van der Waals surface area contributed by atoms with Crippen LogP contribution in [0, 0.1) is 5.41 Å². The van der Waals surface area contributed by atoms with E-state index in [2.05, 4.69) is 15.5 Å². The first-order chi connectivity index (χ1) is 10.0. The molecule has 1 aromatic rings. The van der Waals surface area contributed by atoms with Gasteiger partial charge < -0.3 is 0 Å². The molecule has 3 nitrogen and oxygen atoms in total. The molecule has 0 atom stereocenters. The summed E-state index contributed by atoms with van der Waals surface area (Å²) in [6.45, 7) is 0.616. The Bertz CT molecular complexity index is 560. The van der Waals surface area contributed by atoms with E-state index in [0.717, 1.165) is 6.42 Å². The third-order valence-electron chi connectivity index (χ3n) is 3.67. The fourth-order valence-electron chi connectivity index (χ4n) is 2.23. The van der Waals surface area contributed by atoms with Gasteiger partial charge in [0.15, 0.2) is 5.17 Å². The van der Waals surface area contributed by atoms with Gasteiger partial charge in [-0.2, -0.15) is 18.3 Å². The first-order valence-corrected chi connectivity index (χ1v) is 8.47. The number of halogens is 3. The predicted molar refractivity (Wildman–Crippen MR) is 81.1 cm³/mol. The van der Waals surface area contributed by atoms with E-state index in [0.29, 0.717) is 11.7 Å². The molecule has 0 spiro atoms. The average molecular weight is 333 g/mol. The molecule has 1 aliphatic heterocycles. The Morgan fingerprint density at radius 2 is 2.19 bits per heavy atom. The number of hydrazone groups is 1. The normalized spacial score (nSPS) is 22.8. The number of amidine groups is 1. The van der Waals surface area contributed by atoms with Gasteiger partial charge in [-0.05, 0) is 24.3 Å². The molecule has 1 aromatic heterocycles. The second-order valence-corrected chi connectivity index (χ2v) is 7.05. The highest BCUT2D eigenvalue weighted by Crippen LogP contribution is 2.59. The Kier molecular flexibility index (Phi) is 4.00. The minimum atomic E-state index is -4.19. The largest absolute Gasteiger partial charge is 0.399 e. The fraction of sp³-hybridized carbons (Fsp3) is 0.538. The number of nitrogens with zero attached hydrogens (tertiary/aromatic N) is 2. The van der Waals surface area contributed by atoms with Crippen molar-refractivity contribution < 1.29 is 13.2 Å². The van der Waals surface area contributed by atoms with E-state index in [-0.39, 0.29) is 24.3 Å². The van der Waals surface area contributed by atoms with Crippen LogP contribution in [0.5, 0.6) is 0 Å². The van der Waals surface area contributed by atoms with Gasteiger partial charge in [-0.3, -0.25) is 10.4 Å².